The number of rotatable bonds is 3. The Labute approximate surface area is 104 Å². The molecule has 0 bridgehead atoms. The van der Waals surface area contributed by atoms with Crippen molar-refractivity contribution in [2.45, 2.75) is 0 Å². The Morgan fingerprint density at radius 2 is 2.12 bits per heavy atom. The fraction of sp³-hybridized carbons (Fsp3) is 0.125. The molecule has 0 aliphatic heterocycles. The maximum atomic E-state index is 10.4. The van der Waals surface area contributed by atoms with Gasteiger partial charge in [-0.1, -0.05) is 23.2 Å². The van der Waals surface area contributed by atoms with Crippen molar-refractivity contribution in [2.75, 3.05) is 6.61 Å². The third-order valence-corrected chi connectivity index (χ3v) is 3.05. The van der Waals surface area contributed by atoms with Gasteiger partial charge in [-0.25, -0.2) is 4.79 Å². The third kappa shape index (κ3) is 2.04. The Hall–Kier alpha value is -1.11. The summed E-state index contributed by atoms with van der Waals surface area (Å²) in [5, 5.41) is 9.04. The lowest BCUT2D eigenvalue weighted by Crippen LogP contribution is -2.09. The minimum absolute atomic E-state index is 0.252. The van der Waals surface area contributed by atoms with Gasteiger partial charge in [0.1, 0.15) is 11.0 Å². The van der Waals surface area contributed by atoms with Gasteiger partial charge in [0.25, 0.3) is 0 Å². The van der Waals surface area contributed by atoms with E-state index in [4.69, 9.17) is 33.0 Å². The smallest absolute Gasteiger partial charge is 0.341 e. The first-order valence-corrected chi connectivity index (χ1v) is 5.53. The zero-order valence-electron chi connectivity index (χ0n) is 7.61. The Bertz CT molecular complexity index is 557. The summed E-state index contributed by atoms with van der Waals surface area (Å²) in [6.07, 6.45) is 0. The maximum absolute atomic E-state index is 10.4. The van der Waals surface area contributed by atoms with E-state index in [0.29, 0.717) is 11.0 Å². The SMILES string of the molecule is O=C(O)COc1cc(Cl)c(Cl)c2nsnc12. The van der Waals surface area contributed by atoms with Crippen molar-refractivity contribution in [3.05, 3.63) is 16.1 Å². The number of carbonyl (C=O) groups is 1. The van der Waals surface area contributed by atoms with Crippen molar-refractivity contribution in [1.29, 1.82) is 0 Å². The lowest BCUT2D eigenvalue weighted by Gasteiger charge is -2.05. The number of carboxylic acids is 1. The summed E-state index contributed by atoms with van der Waals surface area (Å²) in [4.78, 5) is 10.4. The number of ether oxygens (including phenoxy) is 1. The van der Waals surface area contributed by atoms with Gasteiger partial charge < -0.3 is 9.84 Å². The van der Waals surface area contributed by atoms with Crippen molar-refractivity contribution in [3.8, 4) is 5.75 Å². The summed E-state index contributed by atoms with van der Waals surface area (Å²) in [5.74, 6) is -0.817. The van der Waals surface area contributed by atoms with Crippen LogP contribution in [0.3, 0.4) is 0 Å². The van der Waals surface area contributed by atoms with Gasteiger partial charge in [0.2, 0.25) is 0 Å². The van der Waals surface area contributed by atoms with Gasteiger partial charge in [-0.15, -0.1) is 0 Å². The second-order valence-electron chi connectivity index (χ2n) is 2.81. The molecule has 0 unspecified atom stereocenters. The molecule has 0 amide bonds. The van der Waals surface area contributed by atoms with Crippen molar-refractivity contribution in [1.82, 2.24) is 8.75 Å². The molecular formula is C8H4Cl2N2O3S. The highest BCUT2D eigenvalue weighted by Gasteiger charge is 2.15. The van der Waals surface area contributed by atoms with Crippen LogP contribution in [0.15, 0.2) is 6.07 Å². The second kappa shape index (κ2) is 4.40. The zero-order chi connectivity index (χ0) is 11.7. The van der Waals surface area contributed by atoms with E-state index in [9.17, 15) is 4.79 Å². The Morgan fingerprint density at radius 1 is 1.44 bits per heavy atom. The third-order valence-electron chi connectivity index (χ3n) is 1.75. The first-order valence-electron chi connectivity index (χ1n) is 4.04. The molecule has 0 radical (unpaired) electrons. The minimum Gasteiger partial charge on any atom is -0.479 e. The fourth-order valence-electron chi connectivity index (χ4n) is 1.10. The largest absolute Gasteiger partial charge is 0.479 e. The number of benzene rings is 1. The van der Waals surface area contributed by atoms with E-state index in [-0.39, 0.29) is 15.8 Å². The van der Waals surface area contributed by atoms with Crippen LogP contribution >= 0.6 is 34.9 Å². The molecule has 0 saturated heterocycles. The lowest BCUT2D eigenvalue weighted by atomic mass is 10.3. The molecule has 1 heterocycles. The van der Waals surface area contributed by atoms with E-state index < -0.39 is 12.6 Å². The van der Waals surface area contributed by atoms with Gasteiger partial charge in [-0.2, -0.15) is 8.75 Å². The van der Waals surface area contributed by atoms with E-state index in [2.05, 4.69) is 8.75 Å². The van der Waals surface area contributed by atoms with E-state index in [1.807, 2.05) is 0 Å². The zero-order valence-corrected chi connectivity index (χ0v) is 9.94. The van der Waals surface area contributed by atoms with Crippen molar-refractivity contribution >= 4 is 51.9 Å². The first-order chi connectivity index (χ1) is 7.59. The molecule has 0 aliphatic carbocycles. The average Bonchev–Trinajstić information content (AvgIpc) is 2.70. The Morgan fingerprint density at radius 3 is 2.81 bits per heavy atom. The monoisotopic (exact) mass is 278 g/mol. The standard InChI is InChI=1S/C8H4Cl2N2O3S/c9-3-1-4(15-2-5(13)14)7-8(6(3)10)12-16-11-7/h1H,2H2,(H,13,14). The van der Waals surface area contributed by atoms with Gasteiger partial charge in [0.15, 0.2) is 12.4 Å². The molecule has 5 nitrogen and oxygen atoms in total. The fourth-order valence-corrected chi connectivity index (χ4v) is 2.09. The van der Waals surface area contributed by atoms with Crippen LogP contribution in [0, 0.1) is 0 Å². The number of carboxylic acid groups (broad SMARTS) is 1. The first kappa shape index (κ1) is 11.4. The maximum Gasteiger partial charge on any atom is 0.341 e. The molecule has 0 saturated carbocycles. The number of hydrogen-bond acceptors (Lipinski definition) is 5. The van der Waals surface area contributed by atoms with E-state index >= 15 is 0 Å². The summed E-state index contributed by atoms with van der Waals surface area (Å²) in [7, 11) is 0. The summed E-state index contributed by atoms with van der Waals surface area (Å²) in [5.41, 5.74) is 0.834. The molecule has 1 N–H and O–H groups in total. The number of aromatic nitrogens is 2. The van der Waals surface area contributed by atoms with Gasteiger partial charge in [-0.3, -0.25) is 0 Å². The predicted molar refractivity (Wildman–Crippen MR) is 60.6 cm³/mol. The van der Waals surface area contributed by atoms with Crippen LogP contribution in [0.5, 0.6) is 5.75 Å². The van der Waals surface area contributed by atoms with Crippen LogP contribution in [0.2, 0.25) is 10.0 Å². The quantitative estimate of drug-likeness (QED) is 0.934. The number of aliphatic carboxylic acids is 1. The van der Waals surface area contributed by atoms with E-state index in [1.54, 1.807) is 0 Å². The Kier molecular flexibility index (Phi) is 3.13. The van der Waals surface area contributed by atoms with Gasteiger partial charge in [0, 0.05) is 6.07 Å². The molecule has 0 fully saturated rings. The highest BCUT2D eigenvalue weighted by atomic mass is 35.5. The van der Waals surface area contributed by atoms with Crippen LogP contribution in [0.25, 0.3) is 11.0 Å². The molecule has 16 heavy (non-hydrogen) atoms. The minimum atomic E-state index is -1.08. The topological polar surface area (TPSA) is 72.3 Å². The van der Waals surface area contributed by atoms with Gasteiger partial charge in [0.05, 0.1) is 21.8 Å². The van der Waals surface area contributed by atoms with Crippen molar-refractivity contribution < 1.29 is 14.6 Å². The van der Waals surface area contributed by atoms with Crippen molar-refractivity contribution in [3.63, 3.8) is 0 Å². The molecule has 0 spiro atoms. The summed E-state index contributed by atoms with van der Waals surface area (Å²) >= 11 is 12.7. The highest BCUT2D eigenvalue weighted by Crippen LogP contribution is 2.36. The number of hydrogen-bond donors (Lipinski definition) is 1. The Balaban J connectivity index is 2.48. The molecular weight excluding hydrogens is 275 g/mol. The van der Waals surface area contributed by atoms with Crippen LogP contribution in [-0.4, -0.2) is 26.4 Å². The molecule has 1 aromatic heterocycles. The molecule has 1 aromatic carbocycles. The molecule has 0 aliphatic rings. The summed E-state index contributed by atoms with van der Waals surface area (Å²) in [6, 6.07) is 1.43. The molecule has 84 valence electrons. The summed E-state index contributed by atoms with van der Waals surface area (Å²) in [6.45, 7) is -0.468. The number of fused-ring (bicyclic) bond motifs is 1. The second-order valence-corrected chi connectivity index (χ2v) is 4.13. The number of halogens is 2. The normalized spacial score (nSPS) is 10.6. The highest BCUT2D eigenvalue weighted by molar-refractivity contribution is 7.00. The van der Waals surface area contributed by atoms with Crippen LogP contribution < -0.4 is 4.74 Å². The van der Waals surface area contributed by atoms with Crippen LogP contribution in [0.4, 0.5) is 0 Å². The van der Waals surface area contributed by atoms with E-state index in [1.165, 1.54) is 6.07 Å². The molecule has 2 rings (SSSR count). The molecule has 8 heteroatoms. The predicted octanol–water partition coefficient (Wildman–Crippen LogP) is 2.46. The van der Waals surface area contributed by atoms with E-state index in [0.717, 1.165) is 11.7 Å². The lowest BCUT2D eigenvalue weighted by molar-refractivity contribution is -0.139. The van der Waals surface area contributed by atoms with Gasteiger partial charge >= 0.3 is 5.97 Å². The van der Waals surface area contributed by atoms with Gasteiger partial charge in [-0.05, 0) is 0 Å². The van der Waals surface area contributed by atoms with Crippen LogP contribution in [0.1, 0.15) is 0 Å². The molecule has 0 atom stereocenters. The average molecular weight is 279 g/mol. The van der Waals surface area contributed by atoms with Crippen molar-refractivity contribution in [2.24, 2.45) is 0 Å². The summed E-state index contributed by atoms with van der Waals surface area (Å²) < 4.78 is 13.0. The van der Waals surface area contributed by atoms with Crippen LogP contribution in [-0.2, 0) is 4.79 Å². The number of nitrogens with zero attached hydrogens (tertiary/aromatic N) is 2. The molecule has 2 aromatic rings.